The standard InChI is InChI=1S/C21H36N2O2/c24-20-13-18-11-12-19(14-20)22(18)15-21(25)23(16-7-3-1-4-8-16)17-9-5-2-6-10-17/h16-20,24H,1-15H2. The summed E-state index contributed by atoms with van der Waals surface area (Å²) in [6, 6.07) is 1.88. The van der Waals surface area contributed by atoms with Crippen molar-refractivity contribution in [1.29, 1.82) is 0 Å². The van der Waals surface area contributed by atoms with Crippen LogP contribution in [-0.4, -0.2) is 57.6 Å². The predicted octanol–water partition coefficient (Wildman–Crippen LogP) is 3.47. The quantitative estimate of drug-likeness (QED) is 0.846. The van der Waals surface area contributed by atoms with Gasteiger partial charge in [0.05, 0.1) is 12.6 Å². The molecule has 2 atom stereocenters. The van der Waals surface area contributed by atoms with Gasteiger partial charge in [-0.3, -0.25) is 9.69 Å². The average Bonchev–Trinajstić information content (AvgIpc) is 2.87. The molecule has 0 aromatic rings. The van der Waals surface area contributed by atoms with Crippen molar-refractivity contribution in [3.05, 3.63) is 0 Å². The Labute approximate surface area is 152 Å². The number of aliphatic hydroxyl groups is 1. The van der Waals surface area contributed by atoms with Crippen LogP contribution in [0.3, 0.4) is 0 Å². The van der Waals surface area contributed by atoms with E-state index in [0.717, 1.165) is 12.8 Å². The lowest BCUT2D eigenvalue weighted by Gasteiger charge is -2.44. The highest BCUT2D eigenvalue weighted by atomic mass is 16.3. The van der Waals surface area contributed by atoms with Crippen LogP contribution >= 0.6 is 0 Å². The van der Waals surface area contributed by atoms with Gasteiger partial charge >= 0.3 is 0 Å². The largest absolute Gasteiger partial charge is 0.393 e. The molecule has 4 fully saturated rings. The SMILES string of the molecule is O=C(CN1C2CCC1CC(O)C2)N(C1CCCCC1)C1CCCCC1. The van der Waals surface area contributed by atoms with Gasteiger partial charge in [-0.05, 0) is 51.4 Å². The summed E-state index contributed by atoms with van der Waals surface area (Å²) in [5.41, 5.74) is 0. The van der Waals surface area contributed by atoms with E-state index >= 15 is 0 Å². The summed E-state index contributed by atoms with van der Waals surface area (Å²) < 4.78 is 0. The Morgan fingerprint density at radius 3 is 1.76 bits per heavy atom. The Kier molecular flexibility index (Phi) is 5.66. The Morgan fingerprint density at radius 2 is 1.28 bits per heavy atom. The first-order chi connectivity index (χ1) is 12.2. The molecule has 142 valence electrons. The number of hydrogen-bond acceptors (Lipinski definition) is 3. The fourth-order valence-corrected chi connectivity index (χ4v) is 6.17. The summed E-state index contributed by atoms with van der Waals surface area (Å²) in [6.07, 6.45) is 16.7. The van der Waals surface area contributed by atoms with Gasteiger partial charge in [-0.25, -0.2) is 0 Å². The Bertz CT molecular complexity index is 425. The van der Waals surface area contributed by atoms with Crippen LogP contribution in [-0.2, 0) is 4.79 Å². The number of fused-ring (bicyclic) bond motifs is 2. The highest BCUT2D eigenvalue weighted by Gasteiger charge is 2.42. The first kappa shape index (κ1) is 17.8. The van der Waals surface area contributed by atoms with E-state index in [2.05, 4.69) is 9.80 Å². The van der Waals surface area contributed by atoms with Crippen LogP contribution in [0.2, 0.25) is 0 Å². The van der Waals surface area contributed by atoms with E-state index in [4.69, 9.17) is 0 Å². The summed E-state index contributed by atoms with van der Waals surface area (Å²) in [4.78, 5) is 18.2. The molecule has 2 saturated heterocycles. The molecule has 2 aliphatic carbocycles. The fourth-order valence-electron chi connectivity index (χ4n) is 6.17. The number of rotatable bonds is 4. The van der Waals surface area contributed by atoms with Crippen molar-refractivity contribution in [3.63, 3.8) is 0 Å². The second-order valence-electron chi connectivity index (χ2n) is 9.07. The molecule has 0 aromatic heterocycles. The molecule has 4 nitrogen and oxygen atoms in total. The van der Waals surface area contributed by atoms with E-state index in [9.17, 15) is 9.90 Å². The van der Waals surface area contributed by atoms with Crippen molar-refractivity contribution in [1.82, 2.24) is 9.80 Å². The normalized spacial score (nSPS) is 35.0. The van der Waals surface area contributed by atoms with Gasteiger partial charge in [0.15, 0.2) is 0 Å². The summed E-state index contributed by atoms with van der Waals surface area (Å²) in [7, 11) is 0. The summed E-state index contributed by atoms with van der Waals surface area (Å²) in [5, 5.41) is 10.0. The molecule has 2 bridgehead atoms. The van der Waals surface area contributed by atoms with E-state index < -0.39 is 0 Å². The molecule has 25 heavy (non-hydrogen) atoms. The highest BCUT2D eigenvalue weighted by Crippen LogP contribution is 2.36. The maximum atomic E-state index is 13.4. The maximum absolute atomic E-state index is 13.4. The molecule has 0 spiro atoms. The van der Waals surface area contributed by atoms with Crippen LogP contribution in [0.15, 0.2) is 0 Å². The molecule has 1 N–H and O–H groups in total. The molecule has 0 radical (unpaired) electrons. The molecule has 2 heterocycles. The van der Waals surface area contributed by atoms with Gasteiger partial charge in [0, 0.05) is 24.2 Å². The zero-order chi connectivity index (χ0) is 17.2. The maximum Gasteiger partial charge on any atom is 0.237 e. The van der Waals surface area contributed by atoms with E-state index in [0.29, 0.717) is 36.6 Å². The zero-order valence-corrected chi connectivity index (χ0v) is 15.7. The van der Waals surface area contributed by atoms with Gasteiger partial charge in [0.2, 0.25) is 5.91 Å². The van der Waals surface area contributed by atoms with Crippen LogP contribution in [0.4, 0.5) is 0 Å². The van der Waals surface area contributed by atoms with Gasteiger partial charge in [0.25, 0.3) is 0 Å². The molecular weight excluding hydrogens is 312 g/mol. The molecular formula is C21H36N2O2. The van der Waals surface area contributed by atoms with Crippen molar-refractivity contribution >= 4 is 5.91 Å². The summed E-state index contributed by atoms with van der Waals surface area (Å²) in [6.45, 7) is 0.606. The smallest absolute Gasteiger partial charge is 0.237 e. The lowest BCUT2D eigenvalue weighted by atomic mass is 9.88. The molecule has 4 aliphatic rings. The first-order valence-electron chi connectivity index (χ1n) is 11.0. The van der Waals surface area contributed by atoms with Crippen LogP contribution in [0.25, 0.3) is 0 Å². The average molecular weight is 349 g/mol. The van der Waals surface area contributed by atoms with Crippen molar-refractivity contribution in [2.45, 2.75) is 120 Å². The number of aliphatic hydroxyl groups excluding tert-OH is 1. The minimum atomic E-state index is -0.142. The second-order valence-corrected chi connectivity index (χ2v) is 9.07. The van der Waals surface area contributed by atoms with E-state index in [-0.39, 0.29) is 6.10 Å². The number of nitrogens with zero attached hydrogens (tertiary/aromatic N) is 2. The van der Waals surface area contributed by atoms with Crippen LogP contribution in [0.1, 0.15) is 89.9 Å². The topological polar surface area (TPSA) is 43.8 Å². The fraction of sp³-hybridized carbons (Fsp3) is 0.952. The molecule has 1 amide bonds. The predicted molar refractivity (Wildman–Crippen MR) is 99.3 cm³/mol. The monoisotopic (exact) mass is 348 g/mol. The Morgan fingerprint density at radius 1 is 0.800 bits per heavy atom. The molecule has 0 aromatic carbocycles. The third kappa shape index (κ3) is 3.90. The third-order valence-corrected chi connectivity index (χ3v) is 7.40. The van der Waals surface area contributed by atoms with Gasteiger partial charge < -0.3 is 10.0 Å². The first-order valence-corrected chi connectivity index (χ1v) is 11.0. The minimum absolute atomic E-state index is 0.142. The summed E-state index contributed by atoms with van der Waals surface area (Å²) >= 11 is 0. The minimum Gasteiger partial charge on any atom is -0.393 e. The van der Waals surface area contributed by atoms with Gasteiger partial charge in [-0.1, -0.05) is 38.5 Å². The lowest BCUT2D eigenvalue weighted by molar-refractivity contribution is -0.141. The van der Waals surface area contributed by atoms with Gasteiger partial charge in [0.1, 0.15) is 0 Å². The van der Waals surface area contributed by atoms with Gasteiger partial charge in [-0.15, -0.1) is 0 Å². The molecule has 4 heteroatoms. The lowest BCUT2D eigenvalue weighted by Crippen LogP contribution is -2.55. The number of hydrogen-bond donors (Lipinski definition) is 1. The van der Waals surface area contributed by atoms with Crippen molar-refractivity contribution in [2.75, 3.05) is 6.54 Å². The number of carbonyl (C=O) groups excluding carboxylic acids is 1. The second kappa shape index (κ2) is 7.96. The molecule has 2 saturated carbocycles. The molecule has 2 unspecified atom stereocenters. The van der Waals surface area contributed by atoms with E-state index in [1.807, 2.05) is 0 Å². The Hall–Kier alpha value is -0.610. The Balaban J connectivity index is 1.45. The number of amides is 1. The van der Waals surface area contributed by atoms with Crippen molar-refractivity contribution < 1.29 is 9.90 Å². The van der Waals surface area contributed by atoms with Crippen molar-refractivity contribution in [2.24, 2.45) is 0 Å². The number of piperidine rings is 1. The van der Waals surface area contributed by atoms with Crippen LogP contribution in [0.5, 0.6) is 0 Å². The highest BCUT2D eigenvalue weighted by molar-refractivity contribution is 5.79. The summed E-state index contributed by atoms with van der Waals surface area (Å²) in [5.74, 6) is 0.395. The van der Waals surface area contributed by atoms with E-state index in [1.165, 1.54) is 77.0 Å². The zero-order valence-electron chi connectivity index (χ0n) is 15.7. The number of carbonyl (C=O) groups is 1. The van der Waals surface area contributed by atoms with Gasteiger partial charge in [-0.2, -0.15) is 0 Å². The third-order valence-electron chi connectivity index (χ3n) is 7.40. The molecule has 2 aliphatic heterocycles. The van der Waals surface area contributed by atoms with Crippen LogP contribution in [0, 0.1) is 0 Å². The van der Waals surface area contributed by atoms with E-state index in [1.54, 1.807) is 0 Å². The van der Waals surface area contributed by atoms with Crippen molar-refractivity contribution in [3.8, 4) is 0 Å². The molecule has 4 rings (SSSR count). The van der Waals surface area contributed by atoms with Crippen LogP contribution < -0.4 is 0 Å².